The molecule has 224 valence electrons. The molecule has 0 atom stereocenters. The lowest BCUT2D eigenvalue weighted by Crippen LogP contribution is -2.50. The lowest BCUT2D eigenvalue weighted by molar-refractivity contribution is -0.131. The number of pyridine rings is 1. The highest BCUT2D eigenvalue weighted by atomic mass is 35.5. The summed E-state index contributed by atoms with van der Waals surface area (Å²) in [6.07, 6.45) is 2.11. The third-order valence-electron chi connectivity index (χ3n) is 6.92. The second-order valence-corrected chi connectivity index (χ2v) is 11.2. The Kier molecular flexibility index (Phi) is 12.0. The lowest BCUT2D eigenvalue weighted by Gasteiger charge is -2.35. The van der Waals surface area contributed by atoms with Crippen LogP contribution in [0, 0.1) is 5.82 Å². The maximum atomic E-state index is 13.2. The molecule has 0 unspecified atom stereocenters. The Balaban J connectivity index is 0.00000196. The zero-order chi connectivity index (χ0) is 26.9. The van der Waals surface area contributed by atoms with Gasteiger partial charge in [0.2, 0.25) is 5.91 Å². The molecule has 1 aromatic heterocycles. The Morgan fingerprint density at radius 2 is 1.54 bits per heavy atom. The number of likely N-dealkylation sites (tertiary alicyclic amines) is 1. The first kappa shape index (κ1) is 34.3. The molecule has 0 aliphatic carbocycles. The third-order valence-corrected chi connectivity index (χ3v) is 8.31. The van der Waals surface area contributed by atoms with Gasteiger partial charge in [-0.25, -0.2) is 22.6 Å². The van der Waals surface area contributed by atoms with Crippen LogP contribution in [-0.2, 0) is 14.8 Å². The molecular formula is C26H31Cl3FN5O5S. The summed E-state index contributed by atoms with van der Waals surface area (Å²) >= 11 is 0. The number of carboxylic acids is 1. The summed E-state index contributed by atoms with van der Waals surface area (Å²) in [5, 5.41) is 10.2. The zero-order valence-corrected chi connectivity index (χ0v) is 25.1. The van der Waals surface area contributed by atoms with Gasteiger partial charge in [0.25, 0.3) is 10.0 Å². The number of hydrogen-bond acceptors (Lipinski definition) is 7. The molecule has 2 N–H and O–H groups in total. The fourth-order valence-corrected chi connectivity index (χ4v) is 5.88. The van der Waals surface area contributed by atoms with Crippen molar-refractivity contribution < 1.29 is 27.5 Å². The van der Waals surface area contributed by atoms with Crippen molar-refractivity contribution in [2.45, 2.75) is 17.7 Å². The number of nitrogens with one attached hydrogen (secondary N) is 1. The number of benzene rings is 2. The van der Waals surface area contributed by atoms with Crippen molar-refractivity contribution in [3.63, 3.8) is 0 Å². The summed E-state index contributed by atoms with van der Waals surface area (Å²) in [6, 6.07) is 10.4. The monoisotopic (exact) mass is 649 g/mol. The number of carbonyl (C=O) groups excluding carboxylic acids is 1. The van der Waals surface area contributed by atoms with Crippen LogP contribution in [0.3, 0.4) is 0 Å². The van der Waals surface area contributed by atoms with Crippen molar-refractivity contribution >= 4 is 81.5 Å². The number of anilines is 2. The second kappa shape index (κ2) is 14.3. The molecule has 2 aliphatic rings. The predicted molar refractivity (Wildman–Crippen MR) is 162 cm³/mol. The lowest BCUT2D eigenvalue weighted by atomic mass is 10.1. The van der Waals surface area contributed by atoms with Gasteiger partial charge in [0.05, 0.1) is 22.5 Å². The number of halogens is 4. The highest BCUT2D eigenvalue weighted by Crippen LogP contribution is 2.28. The number of hydrogen-bond donors (Lipinski definition) is 2. The highest BCUT2D eigenvalue weighted by molar-refractivity contribution is 7.92. The predicted octanol–water partition coefficient (Wildman–Crippen LogP) is 3.88. The van der Waals surface area contributed by atoms with E-state index in [9.17, 15) is 27.5 Å². The van der Waals surface area contributed by atoms with Gasteiger partial charge in [0.15, 0.2) is 0 Å². The van der Waals surface area contributed by atoms with Crippen LogP contribution in [0.5, 0.6) is 0 Å². The summed E-state index contributed by atoms with van der Waals surface area (Å²) in [5.41, 5.74) is 0.575. The van der Waals surface area contributed by atoms with E-state index in [-0.39, 0.29) is 64.7 Å². The molecule has 3 aromatic rings. The molecule has 0 spiro atoms. The van der Waals surface area contributed by atoms with Crippen LogP contribution < -0.4 is 9.62 Å². The van der Waals surface area contributed by atoms with Crippen molar-refractivity contribution in [1.82, 2.24) is 14.8 Å². The molecule has 0 bridgehead atoms. The first-order chi connectivity index (χ1) is 18.2. The van der Waals surface area contributed by atoms with Gasteiger partial charge in [0.1, 0.15) is 11.6 Å². The van der Waals surface area contributed by atoms with E-state index in [1.54, 1.807) is 6.07 Å². The minimum atomic E-state index is -4.00. The van der Waals surface area contributed by atoms with Gasteiger partial charge in [-0.15, -0.1) is 37.2 Å². The summed E-state index contributed by atoms with van der Waals surface area (Å²) < 4.78 is 41.0. The second-order valence-electron chi connectivity index (χ2n) is 9.48. The van der Waals surface area contributed by atoms with E-state index in [0.29, 0.717) is 44.1 Å². The number of nitrogens with zero attached hydrogens (tertiary/aromatic N) is 4. The maximum Gasteiger partial charge on any atom is 0.336 e. The highest BCUT2D eigenvalue weighted by Gasteiger charge is 2.25. The van der Waals surface area contributed by atoms with Crippen LogP contribution in [-0.4, -0.2) is 86.0 Å². The fourth-order valence-electron chi connectivity index (χ4n) is 4.83. The molecule has 0 saturated carbocycles. The number of fused-ring (bicyclic) bond motifs is 1. The molecule has 2 aliphatic heterocycles. The molecule has 0 radical (unpaired) electrons. The number of carboxylic acid groups (broad SMARTS) is 1. The van der Waals surface area contributed by atoms with E-state index >= 15 is 0 Å². The third kappa shape index (κ3) is 7.89. The minimum Gasteiger partial charge on any atom is -0.478 e. The van der Waals surface area contributed by atoms with E-state index in [0.717, 1.165) is 50.2 Å². The number of aromatic carboxylic acids is 1. The summed E-state index contributed by atoms with van der Waals surface area (Å²) in [5.74, 6) is -1.05. The SMILES string of the molecule is Cl.Cl.Cl.O=C(O)c1cc(N2CCN(CC(=O)N3CCCC3)CC2)nc2ccc(NS(=O)(=O)c3ccc(F)cc3)cc12. The van der Waals surface area contributed by atoms with Crippen LogP contribution in [0.2, 0.25) is 0 Å². The minimum absolute atomic E-state index is 0. The average Bonchev–Trinajstić information content (AvgIpc) is 3.44. The number of carbonyl (C=O) groups is 2. The van der Waals surface area contributed by atoms with Crippen molar-refractivity contribution in [3.05, 3.63) is 59.9 Å². The normalized spacial score (nSPS) is 15.4. The van der Waals surface area contributed by atoms with Gasteiger partial charge in [-0.1, -0.05) is 0 Å². The molecule has 10 nitrogen and oxygen atoms in total. The van der Waals surface area contributed by atoms with Crippen LogP contribution in [0.1, 0.15) is 23.2 Å². The first-order valence-corrected chi connectivity index (χ1v) is 13.9. The van der Waals surface area contributed by atoms with Gasteiger partial charge in [-0.3, -0.25) is 14.4 Å². The summed E-state index contributed by atoms with van der Waals surface area (Å²) in [6.45, 7) is 4.55. The summed E-state index contributed by atoms with van der Waals surface area (Å²) in [7, 11) is -4.00. The molecule has 2 fully saturated rings. The maximum absolute atomic E-state index is 13.2. The Bertz CT molecular complexity index is 1480. The molecule has 2 aromatic carbocycles. The Morgan fingerprint density at radius 3 is 2.15 bits per heavy atom. The van der Waals surface area contributed by atoms with E-state index in [1.165, 1.54) is 18.2 Å². The van der Waals surface area contributed by atoms with Gasteiger partial charge < -0.3 is 14.9 Å². The van der Waals surface area contributed by atoms with Gasteiger partial charge in [-0.05, 0) is 61.4 Å². The number of sulfonamides is 1. The topological polar surface area (TPSA) is 123 Å². The van der Waals surface area contributed by atoms with Crippen molar-refractivity contribution in [3.8, 4) is 0 Å². The smallest absolute Gasteiger partial charge is 0.336 e. The number of piperazine rings is 1. The zero-order valence-electron chi connectivity index (χ0n) is 21.9. The Labute approximate surface area is 256 Å². The van der Waals surface area contributed by atoms with Gasteiger partial charge >= 0.3 is 5.97 Å². The quantitative estimate of drug-likeness (QED) is 0.395. The summed E-state index contributed by atoms with van der Waals surface area (Å²) in [4.78, 5) is 35.1. The molecule has 3 heterocycles. The number of rotatable bonds is 7. The standard InChI is InChI=1S/C26H28FN5O5S.3ClH/c27-18-3-6-20(7-4-18)38(36,37)29-19-5-8-23-21(15-19)22(26(34)35)16-24(28-23)31-13-11-30(12-14-31)17-25(33)32-9-1-2-10-32;;;/h3-8,15-16,29H,1-2,9-14,17H2,(H,34,35);3*1H. The van der Waals surface area contributed by atoms with Crippen molar-refractivity contribution in [2.75, 3.05) is 55.4 Å². The van der Waals surface area contributed by atoms with Crippen molar-refractivity contribution in [1.29, 1.82) is 0 Å². The van der Waals surface area contributed by atoms with E-state index in [2.05, 4.69) is 14.6 Å². The molecule has 1 amide bonds. The van der Waals surface area contributed by atoms with Gasteiger partial charge in [-0.2, -0.15) is 0 Å². The van der Waals surface area contributed by atoms with Crippen LogP contribution in [0.15, 0.2) is 53.4 Å². The molecule has 15 heteroatoms. The van der Waals surface area contributed by atoms with Crippen LogP contribution in [0.25, 0.3) is 10.9 Å². The van der Waals surface area contributed by atoms with Gasteiger partial charge in [0, 0.05) is 50.3 Å². The van der Waals surface area contributed by atoms with Crippen LogP contribution in [0.4, 0.5) is 15.9 Å². The largest absolute Gasteiger partial charge is 0.478 e. The molecule has 2 saturated heterocycles. The Morgan fingerprint density at radius 1 is 0.902 bits per heavy atom. The van der Waals surface area contributed by atoms with E-state index < -0.39 is 21.8 Å². The van der Waals surface area contributed by atoms with Crippen molar-refractivity contribution in [2.24, 2.45) is 0 Å². The average molecular weight is 651 g/mol. The Hall–Kier alpha value is -2.90. The van der Waals surface area contributed by atoms with E-state index in [1.807, 2.05) is 9.80 Å². The first-order valence-electron chi connectivity index (χ1n) is 12.4. The number of aromatic nitrogens is 1. The molecule has 41 heavy (non-hydrogen) atoms. The molecular weight excluding hydrogens is 620 g/mol. The van der Waals surface area contributed by atoms with Crippen LogP contribution >= 0.6 is 37.2 Å². The van der Waals surface area contributed by atoms with E-state index in [4.69, 9.17) is 0 Å². The molecule has 5 rings (SSSR count). The number of amides is 1. The fraction of sp³-hybridized carbons (Fsp3) is 0.346.